The van der Waals surface area contributed by atoms with Gasteiger partial charge in [-0.05, 0) is 46.6 Å². The van der Waals surface area contributed by atoms with Crippen molar-refractivity contribution in [3.63, 3.8) is 0 Å². The maximum atomic E-state index is 13.3. The Bertz CT molecular complexity index is 1010. The van der Waals surface area contributed by atoms with Gasteiger partial charge in [-0.1, -0.05) is 71.9 Å². The fourth-order valence-electron chi connectivity index (χ4n) is 3.03. The van der Waals surface area contributed by atoms with Gasteiger partial charge < -0.3 is 0 Å². The molecule has 28 heavy (non-hydrogen) atoms. The third-order valence-corrected chi connectivity index (χ3v) is 8.28. The number of hydrogen-bond donors (Lipinski definition) is 1. The summed E-state index contributed by atoms with van der Waals surface area (Å²) >= 11 is 0. The lowest BCUT2D eigenvalue weighted by atomic mass is 9.89. The molecule has 0 aliphatic rings. The van der Waals surface area contributed by atoms with Crippen LogP contribution in [0.25, 0.3) is 0 Å². The van der Waals surface area contributed by atoms with Gasteiger partial charge in [-0.2, -0.15) is 0 Å². The zero-order valence-corrected chi connectivity index (χ0v) is 18.9. The molecule has 0 radical (unpaired) electrons. The fourth-order valence-corrected chi connectivity index (χ4v) is 6.63. The predicted molar refractivity (Wildman–Crippen MR) is 113 cm³/mol. The van der Waals surface area contributed by atoms with E-state index in [0.717, 1.165) is 5.56 Å². The van der Waals surface area contributed by atoms with E-state index >= 15 is 0 Å². The Balaban J connectivity index is 2.71. The Labute approximate surface area is 169 Å². The van der Waals surface area contributed by atoms with E-state index in [1.165, 1.54) is 12.1 Å². The molecule has 0 atom stereocenters. The van der Waals surface area contributed by atoms with Crippen molar-refractivity contribution in [2.75, 3.05) is 0 Å². The van der Waals surface area contributed by atoms with E-state index in [2.05, 4.69) is 13.8 Å². The minimum Gasteiger partial charge on any atom is -0.206 e. The summed E-state index contributed by atoms with van der Waals surface area (Å²) in [6.45, 7) is 11.7. The summed E-state index contributed by atoms with van der Waals surface area (Å²) in [7, 11) is -8.51. The highest BCUT2D eigenvalue weighted by Gasteiger charge is 2.31. The molecule has 0 spiro atoms. The van der Waals surface area contributed by atoms with E-state index in [1.807, 2.05) is 44.0 Å². The van der Waals surface area contributed by atoms with Crippen LogP contribution in [0.3, 0.4) is 0 Å². The highest BCUT2D eigenvalue weighted by Crippen LogP contribution is 2.35. The summed E-state index contributed by atoms with van der Waals surface area (Å²) in [6.07, 6.45) is 0. The van der Waals surface area contributed by atoms with Crippen LogP contribution < -0.4 is 4.13 Å². The monoisotopic (exact) mass is 423 g/mol. The van der Waals surface area contributed by atoms with E-state index in [-0.39, 0.29) is 27.5 Å². The maximum absolute atomic E-state index is 13.3. The first-order valence-electron chi connectivity index (χ1n) is 9.38. The second-order valence-corrected chi connectivity index (χ2v) is 11.5. The highest BCUT2D eigenvalue weighted by atomic mass is 32.3. The average molecular weight is 424 g/mol. The number of rotatable bonds is 7. The van der Waals surface area contributed by atoms with Gasteiger partial charge in [-0.3, -0.25) is 0 Å². The van der Waals surface area contributed by atoms with Crippen molar-refractivity contribution in [2.24, 2.45) is 0 Å². The van der Waals surface area contributed by atoms with Gasteiger partial charge in [0, 0.05) is 0 Å². The second-order valence-electron chi connectivity index (χ2n) is 7.90. The van der Waals surface area contributed by atoms with Crippen molar-refractivity contribution in [1.82, 2.24) is 4.13 Å². The van der Waals surface area contributed by atoms with Gasteiger partial charge >= 0.3 is 0 Å². The van der Waals surface area contributed by atoms with Crippen LogP contribution in [-0.2, 0) is 20.0 Å². The molecule has 0 amide bonds. The van der Waals surface area contributed by atoms with E-state index in [9.17, 15) is 16.8 Å². The van der Waals surface area contributed by atoms with E-state index in [4.69, 9.17) is 0 Å². The van der Waals surface area contributed by atoms with Crippen LogP contribution in [-0.4, -0.2) is 16.8 Å². The summed E-state index contributed by atoms with van der Waals surface area (Å²) in [4.78, 5) is -0.0176. The number of sulfonamides is 2. The van der Waals surface area contributed by atoms with Crippen LogP contribution in [0.4, 0.5) is 0 Å². The molecule has 0 bridgehead atoms. The summed E-state index contributed by atoms with van der Waals surface area (Å²) in [6, 6.07) is 11.3. The summed E-state index contributed by atoms with van der Waals surface area (Å²) in [5.74, 6) is 0.0668. The molecule has 0 unspecified atom stereocenters. The molecule has 0 saturated heterocycles. The summed E-state index contributed by atoms with van der Waals surface area (Å²) < 4.78 is 53.8. The molecule has 0 heterocycles. The molecule has 5 nitrogen and oxygen atoms in total. The number of hydrogen-bond acceptors (Lipinski definition) is 4. The Kier molecular flexibility index (Phi) is 6.74. The maximum Gasteiger partial charge on any atom is 0.254 e. The lowest BCUT2D eigenvalue weighted by Gasteiger charge is -2.22. The van der Waals surface area contributed by atoms with E-state index in [1.54, 1.807) is 18.2 Å². The van der Waals surface area contributed by atoms with E-state index < -0.39 is 20.0 Å². The SMILES string of the molecule is CC(C)c1cc(C(C)C)c(S(=O)(=O)NS(=O)(=O)c2ccccc2)c(C(C)C)c1. The van der Waals surface area contributed by atoms with Crippen LogP contribution in [0.5, 0.6) is 0 Å². The van der Waals surface area contributed by atoms with Gasteiger partial charge in [0.25, 0.3) is 20.0 Å². The van der Waals surface area contributed by atoms with Gasteiger partial charge in [0.1, 0.15) is 0 Å². The van der Waals surface area contributed by atoms with Crippen molar-refractivity contribution in [3.8, 4) is 0 Å². The molecular weight excluding hydrogens is 394 g/mol. The predicted octanol–water partition coefficient (Wildman–Crippen LogP) is 4.72. The number of nitrogens with one attached hydrogen (secondary N) is 1. The zero-order chi connectivity index (χ0) is 21.3. The first-order chi connectivity index (χ1) is 12.9. The molecule has 0 aliphatic carbocycles. The van der Waals surface area contributed by atoms with Gasteiger partial charge in [0.2, 0.25) is 0 Å². The molecule has 1 N–H and O–H groups in total. The first kappa shape index (κ1) is 22.6. The van der Waals surface area contributed by atoms with Gasteiger partial charge in [-0.15, -0.1) is 4.13 Å². The molecule has 2 aromatic rings. The molecule has 0 fully saturated rings. The van der Waals surface area contributed by atoms with Crippen LogP contribution in [0.15, 0.2) is 52.3 Å². The highest BCUT2D eigenvalue weighted by molar-refractivity contribution is 8.04. The molecule has 2 aromatic carbocycles. The minimum absolute atomic E-state index is 0.0707. The topological polar surface area (TPSA) is 80.3 Å². The Morgan fingerprint density at radius 3 is 1.54 bits per heavy atom. The number of benzene rings is 2. The average Bonchev–Trinajstić information content (AvgIpc) is 2.60. The van der Waals surface area contributed by atoms with Crippen molar-refractivity contribution >= 4 is 20.0 Å². The third-order valence-electron chi connectivity index (χ3n) is 4.62. The van der Waals surface area contributed by atoms with Crippen molar-refractivity contribution in [2.45, 2.75) is 69.1 Å². The van der Waals surface area contributed by atoms with Gasteiger partial charge in [-0.25, -0.2) is 16.8 Å². The first-order valence-corrected chi connectivity index (χ1v) is 12.3. The zero-order valence-electron chi connectivity index (χ0n) is 17.2. The summed E-state index contributed by atoms with van der Waals surface area (Å²) in [5.41, 5.74) is 2.30. The lowest BCUT2D eigenvalue weighted by molar-refractivity contribution is 0.573. The van der Waals surface area contributed by atoms with Gasteiger partial charge in [0.15, 0.2) is 0 Å². The largest absolute Gasteiger partial charge is 0.254 e. The van der Waals surface area contributed by atoms with Gasteiger partial charge in [0.05, 0.1) is 9.79 Å². The normalized spacial score (nSPS) is 12.9. The molecule has 7 heteroatoms. The summed E-state index contributed by atoms with van der Waals surface area (Å²) in [5, 5.41) is 0. The van der Waals surface area contributed by atoms with Crippen LogP contribution >= 0.6 is 0 Å². The third kappa shape index (κ3) is 4.82. The fraction of sp³-hybridized carbons (Fsp3) is 0.429. The second kappa shape index (κ2) is 8.35. The molecule has 0 saturated carbocycles. The Morgan fingerprint density at radius 1 is 0.679 bits per heavy atom. The molecule has 0 aliphatic heterocycles. The minimum atomic E-state index is -4.30. The van der Waals surface area contributed by atoms with Crippen molar-refractivity contribution in [3.05, 3.63) is 59.2 Å². The van der Waals surface area contributed by atoms with Crippen LogP contribution in [0, 0.1) is 0 Å². The standard InChI is InChI=1S/C21H29NO4S2/c1-14(2)17-12-19(15(3)4)21(20(13-17)16(5)6)28(25,26)22-27(23,24)18-10-8-7-9-11-18/h7-16,22H,1-6H3. The Hall–Kier alpha value is -1.70. The van der Waals surface area contributed by atoms with E-state index in [0.29, 0.717) is 11.1 Å². The molecule has 154 valence electrons. The quantitative estimate of drug-likeness (QED) is 0.698. The molecule has 0 aromatic heterocycles. The van der Waals surface area contributed by atoms with Crippen molar-refractivity contribution < 1.29 is 16.8 Å². The Morgan fingerprint density at radius 2 is 1.14 bits per heavy atom. The lowest BCUT2D eigenvalue weighted by Crippen LogP contribution is -2.32. The molecular formula is C21H29NO4S2. The molecule has 2 rings (SSSR count). The van der Waals surface area contributed by atoms with Crippen LogP contribution in [0.2, 0.25) is 0 Å². The van der Waals surface area contributed by atoms with Crippen LogP contribution in [0.1, 0.15) is 76.0 Å². The smallest absolute Gasteiger partial charge is 0.206 e. The van der Waals surface area contributed by atoms with Crippen molar-refractivity contribution in [1.29, 1.82) is 0 Å².